The molecule has 1 aromatic rings. The van der Waals surface area contributed by atoms with Gasteiger partial charge in [0.1, 0.15) is 11.6 Å². The molecular formula is C13H14F2N2O. The van der Waals surface area contributed by atoms with Gasteiger partial charge in [0, 0.05) is 32.2 Å². The monoisotopic (exact) mass is 252 g/mol. The number of rotatable bonds is 1. The van der Waals surface area contributed by atoms with Crippen molar-refractivity contribution in [3.8, 4) is 0 Å². The summed E-state index contributed by atoms with van der Waals surface area (Å²) >= 11 is 0. The van der Waals surface area contributed by atoms with E-state index < -0.39 is 11.6 Å². The number of nitrogens with zero attached hydrogens (tertiary/aromatic N) is 1. The Morgan fingerprint density at radius 2 is 1.89 bits per heavy atom. The fourth-order valence-electron chi connectivity index (χ4n) is 2.85. The summed E-state index contributed by atoms with van der Waals surface area (Å²) in [4.78, 5) is 13.8. The summed E-state index contributed by atoms with van der Waals surface area (Å²) in [5, 5.41) is 3.28. The van der Waals surface area contributed by atoms with Crippen molar-refractivity contribution in [2.75, 3.05) is 26.2 Å². The van der Waals surface area contributed by atoms with E-state index in [1.807, 2.05) is 0 Å². The van der Waals surface area contributed by atoms with Crippen molar-refractivity contribution in [2.24, 2.45) is 11.8 Å². The SMILES string of the molecule is O=C(c1ccc(F)cc1F)N1CC2CNCC2C1. The van der Waals surface area contributed by atoms with Gasteiger partial charge >= 0.3 is 0 Å². The predicted octanol–water partition coefficient (Wildman–Crippen LogP) is 1.26. The van der Waals surface area contributed by atoms with Gasteiger partial charge < -0.3 is 10.2 Å². The summed E-state index contributed by atoms with van der Waals surface area (Å²) in [5.74, 6) is -0.835. The van der Waals surface area contributed by atoms with Crippen LogP contribution in [-0.4, -0.2) is 37.0 Å². The fourth-order valence-corrected chi connectivity index (χ4v) is 2.85. The van der Waals surface area contributed by atoms with Gasteiger partial charge in [0.2, 0.25) is 0 Å². The second-order valence-corrected chi connectivity index (χ2v) is 5.01. The molecule has 1 amide bonds. The summed E-state index contributed by atoms with van der Waals surface area (Å²) in [6, 6.07) is 3.10. The van der Waals surface area contributed by atoms with Gasteiger partial charge in [0.05, 0.1) is 5.56 Å². The second-order valence-electron chi connectivity index (χ2n) is 5.01. The molecule has 0 bridgehead atoms. The lowest BCUT2D eigenvalue weighted by atomic mass is 10.0. The maximum absolute atomic E-state index is 13.5. The average molecular weight is 252 g/mol. The minimum Gasteiger partial charge on any atom is -0.338 e. The Balaban J connectivity index is 1.79. The molecule has 0 radical (unpaired) electrons. The first-order valence-corrected chi connectivity index (χ1v) is 6.10. The van der Waals surface area contributed by atoms with Crippen molar-refractivity contribution in [1.82, 2.24) is 10.2 Å². The Hall–Kier alpha value is -1.49. The van der Waals surface area contributed by atoms with Crippen LogP contribution in [0.2, 0.25) is 0 Å². The molecule has 3 rings (SSSR count). The van der Waals surface area contributed by atoms with Gasteiger partial charge in [-0.2, -0.15) is 0 Å². The number of hydrogen-bond donors (Lipinski definition) is 1. The third-order valence-corrected chi connectivity index (χ3v) is 3.84. The van der Waals surface area contributed by atoms with E-state index in [1.54, 1.807) is 4.90 Å². The normalized spacial score (nSPS) is 26.4. The Morgan fingerprint density at radius 3 is 2.50 bits per heavy atom. The summed E-state index contributed by atoms with van der Waals surface area (Å²) in [6.45, 7) is 3.15. The van der Waals surface area contributed by atoms with Crippen molar-refractivity contribution >= 4 is 5.91 Å². The average Bonchev–Trinajstić information content (AvgIpc) is 2.87. The van der Waals surface area contributed by atoms with Crippen molar-refractivity contribution < 1.29 is 13.6 Å². The van der Waals surface area contributed by atoms with Crippen LogP contribution in [0.15, 0.2) is 18.2 Å². The lowest BCUT2D eigenvalue weighted by Gasteiger charge is -2.17. The maximum atomic E-state index is 13.5. The largest absolute Gasteiger partial charge is 0.338 e. The molecule has 0 aliphatic carbocycles. The number of halogens is 2. The van der Waals surface area contributed by atoms with Gasteiger partial charge in [0.15, 0.2) is 0 Å². The van der Waals surface area contributed by atoms with E-state index in [-0.39, 0.29) is 11.5 Å². The predicted molar refractivity (Wildman–Crippen MR) is 62.1 cm³/mol. The van der Waals surface area contributed by atoms with Crippen LogP contribution in [0.25, 0.3) is 0 Å². The van der Waals surface area contributed by atoms with Crippen LogP contribution >= 0.6 is 0 Å². The van der Waals surface area contributed by atoms with Crippen LogP contribution in [0.4, 0.5) is 8.78 Å². The summed E-state index contributed by atoms with van der Waals surface area (Å²) in [6.07, 6.45) is 0. The molecule has 2 heterocycles. The quantitative estimate of drug-likeness (QED) is 0.816. The third kappa shape index (κ3) is 1.88. The van der Waals surface area contributed by atoms with Crippen LogP contribution in [-0.2, 0) is 0 Å². The van der Waals surface area contributed by atoms with Crippen molar-refractivity contribution in [3.05, 3.63) is 35.4 Å². The van der Waals surface area contributed by atoms with Crippen molar-refractivity contribution in [3.63, 3.8) is 0 Å². The molecule has 5 heteroatoms. The molecule has 0 spiro atoms. The van der Waals surface area contributed by atoms with E-state index in [9.17, 15) is 13.6 Å². The van der Waals surface area contributed by atoms with Gasteiger partial charge in [-0.3, -0.25) is 4.79 Å². The molecular weight excluding hydrogens is 238 g/mol. The number of hydrogen-bond acceptors (Lipinski definition) is 2. The van der Waals surface area contributed by atoms with Crippen LogP contribution in [0, 0.1) is 23.5 Å². The first kappa shape index (κ1) is 11.6. The number of likely N-dealkylation sites (tertiary alicyclic amines) is 1. The van der Waals surface area contributed by atoms with Crippen LogP contribution in [0.3, 0.4) is 0 Å². The molecule has 2 aliphatic rings. The Labute approximate surface area is 104 Å². The van der Waals surface area contributed by atoms with Gasteiger partial charge in [0.25, 0.3) is 5.91 Å². The molecule has 18 heavy (non-hydrogen) atoms. The zero-order valence-electron chi connectivity index (χ0n) is 9.83. The number of nitrogens with one attached hydrogen (secondary N) is 1. The first-order chi connectivity index (χ1) is 8.65. The third-order valence-electron chi connectivity index (χ3n) is 3.84. The lowest BCUT2D eigenvalue weighted by Crippen LogP contribution is -2.32. The van der Waals surface area contributed by atoms with Crippen molar-refractivity contribution in [2.45, 2.75) is 0 Å². The molecule has 3 nitrogen and oxygen atoms in total. The van der Waals surface area contributed by atoms with Gasteiger partial charge in [-0.1, -0.05) is 0 Å². The maximum Gasteiger partial charge on any atom is 0.256 e. The minimum absolute atomic E-state index is 0.0377. The molecule has 2 atom stereocenters. The Bertz CT molecular complexity index is 480. The molecule has 2 saturated heterocycles. The number of carbonyl (C=O) groups excluding carboxylic acids is 1. The molecule has 2 unspecified atom stereocenters. The van der Waals surface area contributed by atoms with E-state index in [4.69, 9.17) is 0 Å². The molecule has 1 aromatic carbocycles. The van der Waals surface area contributed by atoms with Crippen LogP contribution in [0.1, 0.15) is 10.4 Å². The standard InChI is InChI=1S/C13H14F2N2O/c14-10-1-2-11(12(15)3-10)13(18)17-6-8-4-16-5-9(8)7-17/h1-3,8-9,16H,4-7H2. The van der Waals surface area contributed by atoms with Gasteiger partial charge in [-0.25, -0.2) is 8.78 Å². The lowest BCUT2D eigenvalue weighted by molar-refractivity contribution is 0.0777. The van der Waals surface area contributed by atoms with E-state index in [2.05, 4.69) is 5.32 Å². The number of fused-ring (bicyclic) bond motifs is 1. The number of carbonyl (C=O) groups is 1. The minimum atomic E-state index is -0.782. The highest BCUT2D eigenvalue weighted by Crippen LogP contribution is 2.27. The second kappa shape index (κ2) is 4.31. The van der Waals surface area contributed by atoms with Crippen LogP contribution in [0.5, 0.6) is 0 Å². The van der Waals surface area contributed by atoms with Crippen molar-refractivity contribution in [1.29, 1.82) is 0 Å². The number of amides is 1. The zero-order valence-corrected chi connectivity index (χ0v) is 9.83. The van der Waals surface area contributed by atoms with E-state index >= 15 is 0 Å². The highest BCUT2D eigenvalue weighted by Gasteiger charge is 2.38. The summed E-state index contributed by atoms with van der Waals surface area (Å²) < 4.78 is 26.3. The number of benzene rings is 1. The summed E-state index contributed by atoms with van der Waals surface area (Å²) in [5.41, 5.74) is -0.0377. The molecule has 2 fully saturated rings. The van der Waals surface area contributed by atoms with E-state index in [0.717, 1.165) is 25.2 Å². The van der Waals surface area contributed by atoms with Crippen LogP contribution < -0.4 is 5.32 Å². The Morgan fingerprint density at radius 1 is 1.22 bits per heavy atom. The fraction of sp³-hybridized carbons (Fsp3) is 0.462. The van der Waals surface area contributed by atoms with E-state index in [1.165, 1.54) is 6.07 Å². The molecule has 1 N–H and O–H groups in total. The molecule has 2 aliphatic heterocycles. The van der Waals surface area contributed by atoms with Gasteiger partial charge in [-0.05, 0) is 24.0 Å². The molecule has 0 saturated carbocycles. The zero-order chi connectivity index (χ0) is 12.7. The summed E-state index contributed by atoms with van der Waals surface area (Å²) in [7, 11) is 0. The van der Waals surface area contributed by atoms with E-state index in [0.29, 0.717) is 24.9 Å². The highest BCUT2D eigenvalue weighted by atomic mass is 19.1. The molecule has 0 aromatic heterocycles. The molecule has 96 valence electrons. The smallest absolute Gasteiger partial charge is 0.256 e. The first-order valence-electron chi connectivity index (χ1n) is 6.10. The topological polar surface area (TPSA) is 32.3 Å². The Kier molecular flexibility index (Phi) is 2.78. The van der Waals surface area contributed by atoms with Gasteiger partial charge in [-0.15, -0.1) is 0 Å². The highest BCUT2D eigenvalue weighted by molar-refractivity contribution is 5.94.